The van der Waals surface area contributed by atoms with Crippen LogP contribution in [0.25, 0.3) is 0 Å². The number of aryl methyl sites for hydroxylation is 1. The fraction of sp³-hybridized carbons (Fsp3) is 0.188. The minimum absolute atomic E-state index is 0.0271. The molecule has 0 aliphatic carbocycles. The highest BCUT2D eigenvalue weighted by Gasteiger charge is 2.24. The number of benzene rings is 2. The number of hydrogen-bond donors (Lipinski definition) is 2. The van der Waals surface area contributed by atoms with Gasteiger partial charge >= 0.3 is 0 Å². The fourth-order valence-electron chi connectivity index (χ4n) is 2.29. The Bertz CT molecular complexity index is 604. The van der Waals surface area contributed by atoms with Crippen molar-refractivity contribution in [3.05, 3.63) is 59.7 Å². The minimum atomic E-state index is -0.211. The van der Waals surface area contributed by atoms with Crippen LogP contribution < -0.4 is 10.6 Å². The number of hydrogen-bond acceptors (Lipinski definition) is 2. The standard InChI is InChI=1S/C16H16N2O/c1-11-6-8-12(9-7-11)10-15-16(19)18-14-5-3-2-4-13(14)17-15/h2-9,15,17H,10H2,1H3,(H,18,19). The summed E-state index contributed by atoms with van der Waals surface area (Å²) >= 11 is 0. The van der Waals surface area contributed by atoms with Crippen molar-refractivity contribution in [1.82, 2.24) is 0 Å². The summed E-state index contributed by atoms with van der Waals surface area (Å²) in [5.41, 5.74) is 4.24. The molecule has 0 radical (unpaired) electrons. The van der Waals surface area contributed by atoms with Crippen molar-refractivity contribution in [3.63, 3.8) is 0 Å². The van der Waals surface area contributed by atoms with Crippen LogP contribution in [-0.4, -0.2) is 11.9 Å². The molecule has 1 heterocycles. The molecule has 1 aliphatic heterocycles. The normalized spacial score (nSPS) is 17.3. The Morgan fingerprint density at radius 1 is 1.00 bits per heavy atom. The molecule has 0 aromatic heterocycles. The first-order valence-corrected chi connectivity index (χ1v) is 6.44. The highest BCUT2D eigenvalue weighted by Crippen LogP contribution is 2.26. The summed E-state index contributed by atoms with van der Waals surface area (Å²) in [6, 6.07) is 15.9. The number of rotatable bonds is 2. The van der Waals surface area contributed by atoms with Crippen LogP contribution >= 0.6 is 0 Å². The summed E-state index contributed by atoms with van der Waals surface area (Å²) in [5, 5.41) is 6.24. The first kappa shape index (κ1) is 11.8. The van der Waals surface area contributed by atoms with Crippen molar-refractivity contribution in [2.24, 2.45) is 0 Å². The van der Waals surface area contributed by atoms with Crippen molar-refractivity contribution in [3.8, 4) is 0 Å². The summed E-state index contributed by atoms with van der Waals surface area (Å²) < 4.78 is 0. The molecule has 0 fully saturated rings. The molecule has 3 heteroatoms. The van der Waals surface area contributed by atoms with E-state index in [0.29, 0.717) is 6.42 Å². The van der Waals surface area contributed by atoms with Gasteiger partial charge in [-0.25, -0.2) is 0 Å². The highest BCUT2D eigenvalue weighted by molar-refractivity contribution is 6.03. The van der Waals surface area contributed by atoms with Crippen molar-refractivity contribution in [2.75, 3.05) is 10.6 Å². The van der Waals surface area contributed by atoms with Gasteiger partial charge < -0.3 is 10.6 Å². The average molecular weight is 252 g/mol. The Hall–Kier alpha value is -2.29. The van der Waals surface area contributed by atoms with E-state index in [-0.39, 0.29) is 11.9 Å². The molecule has 1 aliphatic rings. The van der Waals surface area contributed by atoms with Crippen LogP contribution in [0.3, 0.4) is 0 Å². The highest BCUT2D eigenvalue weighted by atomic mass is 16.2. The van der Waals surface area contributed by atoms with Crippen LogP contribution in [0.1, 0.15) is 11.1 Å². The largest absolute Gasteiger partial charge is 0.372 e. The first-order chi connectivity index (χ1) is 9.22. The molecular formula is C16H16N2O. The van der Waals surface area contributed by atoms with Crippen LogP contribution in [0.4, 0.5) is 11.4 Å². The zero-order valence-corrected chi connectivity index (χ0v) is 10.8. The molecule has 3 rings (SSSR count). The van der Waals surface area contributed by atoms with Crippen LogP contribution in [0.5, 0.6) is 0 Å². The van der Waals surface area contributed by atoms with Gasteiger partial charge in [0.2, 0.25) is 5.91 Å². The number of anilines is 2. The Morgan fingerprint density at radius 2 is 1.68 bits per heavy atom. The van der Waals surface area contributed by atoms with E-state index < -0.39 is 0 Å². The van der Waals surface area contributed by atoms with Crippen molar-refractivity contribution < 1.29 is 4.79 Å². The number of carbonyl (C=O) groups excluding carboxylic acids is 1. The Balaban J connectivity index is 1.79. The van der Waals surface area contributed by atoms with Crippen LogP contribution in [0.15, 0.2) is 48.5 Å². The summed E-state index contributed by atoms with van der Waals surface area (Å²) in [6.07, 6.45) is 0.695. The van der Waals surface area contributed by atoms with Crippen molar-refractivity contribution >= 4 is 17.3 Å². The lowest BCUT2D eigenvalue weighted by atomic mass is 10.0. The predicted octanol–water partition coefficient (Wildman–Crippen LogP) is 2.97. The molecule has 1 unspecified atom stereocenters. The maximum absolute atomic E-state index is 12.1. The maximum atomic E-state index is 12.1. The van der Waals surface area contributed by atoms with Gasteiger partial charge in [0.15, 0.2) is 0 Å². The van der Waals surface area contributed by atoms with E-state index >= 15 is 0 Å². The van der Waals surface area contributed by atoms with Gasteiger partial charge in [0.25, 0.3) is 0 Å². The number of carbonyl (C=O) groups is 1. The Labute approximate surface area is 112 Å². The molecule has 2 N–H and O–H groups in total. The maximum Gasteiger partial charge on any atom is 0.247 e. The first-order valence-electron chi connectivity index (χ1n) is 6.44. The molecule has 0 saturated heterocycles. The number of nitrogens with one attached hydrogen (secondary N) is 2. The minimum Gasteiger partial charge on any atom is -0.372 e. The number of para-hydroxylation sites is 2. The Morgan fingerprint density at radius 3 is 2.42 bits per heavy atom. The Kier molecular flexibility index (Phi) is 2.95. The van der Waals surface area contributed by atoms with Crippen molar-refractivity contribution in [2.45, 2.75) is 19.4 Å². The molecule has 2 aromatic carbocycles. The third kappa shape index (κ3) is 2.45. The molecular weight excluding hydrogens is 236 g/mol. The quantitative estimate of drug-likeness (QED) is 0.862. The molecule has 19 heavy (non-hydrogen) atoms. The van der Waals surface area contributed by atoms with Gasteiger partial charge in [0, 0.05) is 6.42 Å². The zero-order chi connectivity index (χ0) is 13.2. The fourth-order valence-corrected chi connectivity index (χ4v) is 2.29. The van der Waals surface area contributed by atoms with Crippen LogP contribution in [0.2, 0.25) is 0 Å². The van der Waals surface area contributed by atoms with E-state index in [1.165, 1.54) is 5.56 Å². The predicted molar refractivity (Wildman–Crippen MR) is 77.4 cm³/mol. The topological polar surface area (TPSA) is 41.1 Å². The van der Waals surface area contributed by atoms with E-state index in [1.54, 1.807) is 0 Å². The van der Waals surface area contributed by atoms with Gasteiger partial charge in [-0.1, -0.05) is 42.0 Å². The van der Waals surface area contributed by atoms with E-state index in [0.717, 1.165) is 16.9 Å². The van der Waals surface area contributed by atoms with Crippen LogP contribution in [0, 0.1) is 6.92 Å². The summed E-state index contributed by atoms with van der Waals surface area (Å²) in [6.45, 7) is 2.06. The SMILES string of the molecule is Cc1ccc(CC2Nc3ccccc3NC2=O)cc1. The number of amides is 1. The van der Waals surface area contributed by atoms with Gasteiger partial charge in [-0.3, -0.25) is 4.79 Å². The second kappa shape index (κ2) is 4.76. The third-order valence-corrected chi connectivity index (χ3v) is 3.39. The zero-order valence-electron chi connectivity index (χ0n) is 10.8. The lowest BCUT2D eigenvalue weighted by Gasteiger charge is -2.26. The lowest BCUT2D eigenvalue weighted by molar-refractivity contribution is -0.117. The van der Waals surface area contributed by atoms with Gasteiger partial charge in [0.05, 0.1) is 11.4 Å². The molecule has 2 aromatic rings. The van der Waals surface area contributed by atoms with Gasteiger partial charge in [-0.2, -0.15) is 0 Å². The second-order valence-corrected chi connectivity index (χ2v) is 4.92. The average Bonchev–Trinajstić information content (AvgIpc) is 2.42. The second-order valence-electron chi connectivity index (χ2n) is 4.92. The van der Waals surface area contributed by atoms with Crippen molar-refractivity contribution in [1.29, 1.82) is 0 Å². The van der Waals surface area contributed by atoms with E-state index in [4.69, 9.17) is 0 Å². The molecule has 0 spiro atoms. The van der Waals surface area contributed by atoms with E-state index in [9.17, 15) is 4.79 Å². The van der Waals surface area contributed by atoms with Gasteiger partial charge in [-0.15, -0.1) is 0 Å². The molecule has 1 atom stereocenters. The summed E-state index contributed by atoms with van der Waals surface area (Å²) in [5.74, 6) is 0.0271. The monoisotopic (exact) mass is 252 g/mol. The molecule has 0 bridgehead atoms. The summed E-state index contributed by atoms with van der Waals surface area (Å²) in [7, 11) is 0. The van der Waals surface area contributed by atoms with E-state index in [1.807, 2.05) is 24.3 Å². The molecule has 0 saturated carbocycles. The molecule has 1 amide bonds. The van der Waals surface area contributed by atoms with Crippen LogP contribution in [-0.2, 0) is 11.2 Å². The molecule has 96 valence electrons. The summed E-state index contributed by atoms with van der Waals surface area (Å²) in [4.78, 5) is 12.1. The third-order valence-electron chi connectivity index (χ3n) is 3.39. The van der Waals surface area contributed by atoms with Gasteiger partial charge in [0.1, 0.15) is 6.04 Å². The van der Waals surface area contributed by atoms with Gasteiger partial charge in [-0.05, 0) is 24.6 Å². The molecule has 3 nitrogen and oxygen atoms in total. The number of fused-ring (bicyclic) bond motifs is 1. The lowest BCUT2D eigenvalue weighted by Crippen LogP contribution is -2.40. The van der Waals surface area contributed by atoms with E-state index in [2.05, 4.69) is 41.8 Å². The smallest absolute Gasteiger partial charge is 0.247 e.